The number of ether oxygens (including phenoxy) is 2. The highest BCUT2D eigenvalue weighted by Crippen LogP contribution is 2.21. The molecule has 0 amide bonds. The van der Waals surface area contributed by atoms with Crippen LogP contribution in [0.3, 0.4) is 0 Å². The SMILES string of the molecule is COc1cc(F)ccc1CC(C)OC(=O)CN. The average molecular weight is 241 g/mol. The number of hydrogen-bond donors (Lipinski definition) is 1. The molecule has 0 fully saturated rings. The van der Waals surface area contributed by atoms with Gasteiger partial charge in [-0.15, -0.1) is 0 Å². The van der Waals surface area contributed by atoms with E-state index in [-0.39, 0.29) is 18.5 Å². The number of halogens is 1. The van der Waals surface area contributed by atoms with Gasteiger partial charge in [-0.1, -0.05) is 6.07 Å². The number of carbonyl (C=O) groups excluding carboxylic acids is 1. The van der Waals surface area contributed by atoms with Crippen LogP contribution in [-0.2, 0) is 16.0 Å². The molecular weight excluding hydrogens is 225 g/mol. The first-order chi connectivity index (χ1) is 8.06. The molecular formula is C12H16FNO3. The number of rotatable bonds is 5. The van der Waals surface area contributed by atoms with Crippen LogP contribution in [0, 0.1) is 5.82 Å². The first-order valence-corrected chi connectivity index (χ1v) is 5.28. The fourth-order valence-electron chi connectivity index (χ4n) is 1.51. The lowest BCUT2D eigenvalue weighted by atomic mass is 10.1. The van der Waals surface area contributed by atoms with Crippen LogP contribution in [0.2, 0.25) is 0 Å². The molecule has 1 aromatic rings. The average Bonchev–Trinajstić information content (AvgIpc) is 2.31. The van der Waals surface area contributed by atoms with Gasteiger partial charge in [-0.2, -0.15) is 0 Å². The molecule has 0 saturated carbocycles. The van der Waals surface area contributed by atoms with E-state index < -0.39 is 5.97 Å². The zero-order chi connectivity index (χ0) is 12.8. The Labute approximate surface area is 99.5 Å². The minimum absolute atomic E-state index is 0.148. The molecule has 0 aliphatic heterocycles. The molecule has 5 heteroatoms. The largest absolute Gasteiger partial charge is 0.496 e. The van der Waals surface area contributed by atoms with Gasteiger partial charge in [0.25, 0.3) is 0 Å². The van der Waals surface area contributed by atoms with Crippen LogP contribution in [0.15, 0.2) is 18.2 Å². The fourth-order valence-corrected chi connectivity index (χ4v) is 1.51. The van der Waals surface area contributed by atoms with Crippen molar-refractivity contribution in [1.82, 2.24) is 0 Å². The van der Waals surface area contributed by atoms with Gasteiger partial charge in [0.2, 0.25) is 0 Å². The number of nitrogens with two attached hydrogens (primary N) is 1. The van der Waals surface area contributed by atoms with E-state index in [1.54, 1.807) is 13.0 Å². The second kappa shape index (κ2) is 6.20. The Hall–Kier alpha value is -1.62. The fraction of sp³-hybridized carbons (Fsp3) is 0.417. The van der Waals surface area contributed by atoms with Gasteiger partial charge in [0.05, 0.1) is 13.7 Å². The summed E-state index contributed by atoms with van der Waals surface area (Å²) in [4.78, 5) is 11.0. The van der Waals surface area contributed by atoms with Crippen LogP contribution in [0.5, 0.6) is 5.75 Å². The minimum atomic E-state index is -0.460. The van der Waals surface area contributed by atoms with Gasteiger partial charge in [0.1, 0.15) is 17.7 Å². The third-order valence-electron chi connectivity index (χ3n) is 2.26. The van der Waals surface area contributed by atoms with Crippen LogP contribution >= 0.6 is 0 Å². The lowest BCUT2D eigenvalue weighted by Crippen LogP contribution is -2.23. The first-order valence-electron chi connectivity index (χ1n) is 5.28. The van der Waals surface area contributed by atoms with E-state index in [2.05, 4.69) is 0 Å². The van der Waals surface area contributed by atoms with E-state index in [4.69, 9.17) is 15.2 Å². The van der Waals surface area contributed by atoms with Crippen LogP contribution in [0.25, 0.3) is 0 Å². The Morgan fingerprint density at radius 1 is 1.53 bits per heavy atom. The van der Waals surface area contributed by atoms with Gasteiger partial charge in [0.15, 0.2) is 0 Å². The lowest BCUT2D eigenvalue weighted by molar-refractivity contribution is -0.146. The second-order valence-corrected chi connectivity index (χ2v) is 3.66. The van der Waals surface area contributed by atoms with E-state index in [1.807, 2.05) is 0 Å². The summed E-state index contributed by atoms with van der Waals surface area (Å²) in [5.74, 6) is -0.378. The molecule has 0 saturated heterocycles. The zero-order valence-electron chi connectivity index (χ0n) is 9.90. The van der Waals surface area contributed by atoms with E-state index in [1.165, 1.54) is 19.2 Å². The smallest absolute Gasteiger partial charge is 0.319 e. The van der Waals surface area contributed by atoms with Crippen LogP contribution in [0.4, 0.5) is 4.39 Å². The van der Waals surface area contributed by atoms with Gasteiger partial charge in [0, 0.05) is 12.5 Å². The Bertz CT molecular complexity index is 395. The Kier molecular flexibility index (Phi) is 4.90. The van der Waals surface area contributed by atoms with Crippen molar-refractivity contribution in [1.29, 1.82) is 0 Å². The molecule has 1 aromatic carbocycles. The normalized spacial score (nSPS) is 12.0. The summed E-state index contributed by atoms with van der Waals surface area (Å²) < 4.78 is 23.0. The second-order valence-electron chi connectivity index (χ2n) is 3.66. The highest BCUT2D eigenvalue weighted by molar-refractivity contribution is 5.71. The molecule has 1 atom stereocenters. The third-order valence-corrected chi connectivity index (χ3v) is 2.26. The predicted octanol–water partition coefficient (Wildman–Crippen LogP) is 1.27. The van der Waals surface area contributed by atoms with Gasteiger partial charge in [-0.05, 0) is 18.6 Å². The molecule has 0 aliphatic carbocycles. The standard InChI is InChI=1S/C12H16FNO3/c1-8(17-12(15)7-14)5-9-3-4-10(13)6-11(9)16-2/h3-4,6,8H,5,7,14H2,1-2H3. The van der Waals surface area contributed by atoms with Gasteiger partial charge < -0.3 is 15.2 Å². The monoisotopic (exact) mass is 241 g/mol. The minimum Gasteiger partial charge on any atom is -0.496 e. The summed E-state index contributed by atoms with van der Waals surface area (Å²) in [6.45, 7) is 1.60. The van der Waals surface area contributed by atoms with E-state index in [0.29, 0.717) is 12.2 Å². The maximum atomic E-state index is 13.0. The molecule has 4 nitrogen and oxygen atoms in total. The van der Waals surface area contributed by atoms with Crippen molar-refractivity contribution >= 4 is 5.97 Å². The third kappa shape index (κ3) is 4.03. The van der Waals surface area contributed by atoms with Crippen molar-refractivity contribution in [2.45, 2.75) is 19.4 Å². The highest BCUT2D eigenvalue weighted by atomic mass is 19.1. The Balaban J connectivity index is 2.70. The van der Waals surface area contributed by atoms with Crippen molar-refractivity contribution < 1.29 is 18.7 Å². The van der Waals surface area contributed by atoms with Crippen molar-refractivity contribution in [2.24, 2.45) is 5.73 Å². The molecule has 1 unspecified atom stereocenters. The number of hydrogen-bond acceptors (Lipinski definition) is 4. The first kappa shape index (κ1) is 13.4. The number of esters is 1. The summed E-state index contributed by atoms with van der Waals surface area (Å²) in [6.07, 6.45) is 0.125. The maximum Gasteiger partial charge on any atom is 0.319 e. The maximum absolute atomic E-state index is 13.0. The van der Waals surface area contributed by atoms with E-state index in [9.17, 15) is 9.18 Å². The summed E-state index contributed by atoms with van der Waals surface area (Å²) in [6, 6.07) is 4.25. The van der Waals surface area contributed by atoms with Gasteiger partial charge in [-0.25, -0.2) is 4.39 Å². The van der Waals surface area contributed by atoms with E-state index in [0.717, 1.165) is 5.56 Å². The van der Waals surface area contributed by atoms with Crippen molar-refractivity contribution in [3.63, 3.8) is 0 Å². The molecule has 94 valence electrons. The molecule has 0 radical (unpaired) electrons. The molecule has 0 bridgehead atoms. The van der Waals surface area contributed by atoms with Gasteiger partial charge >= 0.3 is 5.97 Å². The molecule has 0 spiro atoms. The lowest BCUT2D eigenvalue weighted by Gasteiger charge is -2.14. The zero-order valence-corrected chi connectivity index (χ0v) is 9.90. The molecule has 1 rings (SSSR count). The van der Waals surface area contributed by atoms with Crippen molar-refractivity contribution in [2.75, 3.05) is 13.7 Å². The number of carbonyl (C=O) groups is 1. The summed E-state index contributed by atoms with van der Waals surface area (Å²) in [5.41, 5.74) is 5.92. The quantitative estimate of drug-likeness (QED) is 0.788. The Morgan fingerprint density at radius 2 is 2.24 bits per heavy atom. The highest BCUT2D eigenvalue weighted by Gasteiger charge is 2.12. The summed E-state index contributed by atoms with van der Waals surface area (Å²) >= 11 is 0. The predicted molar refractivity (Wildman–Crippen MR) is 61.3 cm³/mol. The molecule has 0 aliphatic rings. The summed E-state index contributed by atoms with van der Waals surface area (Å²) in [5, 5.41) is 0. The number of benzene rings is 1. The van der Waals surface area contributed by atoms with Crippen LogP contribution in [-0.4, -0.2) is 25.7 Å². The van der Waals surface area contributed by atoms with Gasteiger partial charge in [-0.3, -0.25) is 4.79 Å². The molecule has 17 heavy (non-hydrogen) atoms. The van der Waals surface area contributed by atoms with Crippen molar-refractivity contribution in [3.8, 4) is 5.75 Å². The van der Waals surface area contributed by atoms with Crippen molar-refractivity contribution in [3.05, 3.63) is 29.6 Å². The molecule has 0 aromatic heterocycles. The Morgan fingerprint density at radius 3 is 2.82 bits per heavy atom. The summed E-state index contributed by atoms with van der Waals surface area (Å²) in [7, 11) is 1.47. The van der Waals surface area contributed by atoms with Crippen LogP contribution in [0.1, 0.15) is 12.5 Å². The molecule has 0 heterocycles. The number of methoxy groups -OCH3 is 1. The van der Waals surface area contributed by atoms with E-state index >= 15 is 0 Å². The molecule has 2 N–H and O–H groups in total. The topological polar surface area (TPSA) is 61.5 Å². The van der Waals surface area contributed by atoms with Crippen LogP contribution < -0.4 is 10.5 Å².